The zero-order chi connectivity index (χ0) is 10.7. The summed E-state index contributed by atoms with van der Waals surface area (Å²) >= 11 is 0. The summed E-state index contributed by atoms with van der Waals surface area (Å²) in [5, 5.41) is 17.0. The molecule has 2 rings (SSSR count). The molecule has 3 N–H and O–H groups in total. The van der Waals surface area contributed by atoms with Crippen LogP contribution in [0.2, 0.25) is 0 Å². The highest BCUT2D eigenvalue weighted by Crippen LogP contribution is 2.18. The molecule has 1 heterocycles. The lowest BCUT2D eigenvalue weighted by Crippen LogP contribution is -2.00. The van der Waals surface area contributed by atoms with Crippen molar-refractivity contribution in [2.24, 2.45) is 5.73 Å². The summed E-state index contributed by atoms with van der Waals surface area (Å²) in [5.41, 5.74) is 8.09. The van der Waals surface area contributed by atoms with E-state index in [2.05, 4.69) is 16.3 Å². The molecule has 0 fully saturated rings. The van der Waals surface area contributed by atoms with Crippen molar-refractivity contribution in [3.63, 3.8) is 0 Å². The summed E-state index contributed by atoms with van der Waals surface area (Å²) in [6.07, 6.45) is 1.80. The molecule has 0 saturated heterocycles. The molecule has 15 heavy (non-hydrogen) atoms. The van der Waals surface area contributed by atoms with Gasteiger partial charge in [0.1, 0.15) is 0 Å². The van der Waals surface area contributed by atoms with Gasteiger partial charge in [0.25, 0.3) is 0 Å². The second kappa shape index (κ2) is 4.11. The van der Waals surface area contributed by atoms with E-state index >= 15 is 0 Å². The van der Waals surface area contributed by atoms with Gasteiger partial charge in [-0.3, -0.25) is 5.10 Å². The van der Waals surface area contributed by atoms with Gasteiger partial charge < -0.3 is 5.73 Å². The Morgan fingerprint density at radius 1 is 1.47 bits per heavy atom. The Hall–Kier alpha value is -1.86. The highest BCUT2D eigenvalue weighted by molar-refractivity contribution is 5.82. The van der Waals surface area contributed by atoms with Crippen LogP contribution in [0, 0.1) is 11.3 Å². The molecule has 0 aliphatic heterocycles. The smallest absolute Gasteiger partial charge is 0.0991 e. The van der Waals surface area contributed by atoms with Crippen molar-refractivity contribution in [3.8, 4) is 6.07 Å². The number of hydrogen-bond acceptors (Lipinski definition) is 3. The fraction of sp³-hybridized carbons (Fsp3) is 0.273. The third-order valence-corrected chi connectivity index (χ3v) is 2.39. The van der Waals surface area contributed by atoms with E-state index in [0.29, 0.717) is 12.1 Å². The molecule has 0 spiro atoms. The van der Waals surface area contributed by atoms with Crippen LogP contribution < -0.4 is 5.73 Å². The van der Waals surface area contributed by atoms with Crippen LogP contribution in [0.4, 0.5) is 0 Å². The Morgan fingerprint density at radius 3 is 3.07 bits per heavy atom. The highest BCUT2D eigenvalue weighted by atomic mass is 15.1. The fourth-order valence-corrected chi connectivity index (χ4v) is 1.60. The zero-order valence-electron chi connectivity index (χ0n) is 8.33. The average Bonchev–Trinajstić information content (AvgIpc) is 2.68. The van der Waals surface area contributed by atoms with Crippen LogP contribution in [-0.2, 0) is 6.42 Å². The molecule has 1 aromatic heterocycles. The van der Waals surface area contributed by atoms with Crippen molar-refractivity contribution in [1.29, 1.82) is 5.26 Å². The summed E-state index contributed by atoms with van der Waals surface area (Å²) in [7, 11) is 0. The number of nitriles is 1. The molecule has 0 amide bonds. The van der Waals surface area contributed by atoms with Crippen molar-refractivity contribution in [2.75, 3.05) is 6.54 Å². The van der Waals surface area contributed by atoms with Gasteiger partial charge in [-0.15, -0.1) is 0 Å². The number of hydrogen-bond donors (Lipinski definition) is 2. The van der Waals surface area contributed by atoms with Gasteiger partial charge >= 0.3 is 0 Å². The third-order valence-electron chi connectivity index (χ3n) is 2.39. The fourth-order valence-electron chi connectivity index (χ4n) is 1.60. The van der Waals surface area contributed by atoms with E-state index in [-0.39, 0.29) is 0 Å². The number of nitrogens with zero attached hydrogens (tertiary/aromatic N) is 2. The van der Waals surface area contributed by atoms with Crippen molar-refractivity contribution < 1.29 is 0 Å². The minimum Gasteiger partial charge on any atom is -0.330 e. The first-order valence-electron chi connectivity index (χ1n) is 4.92. The lowest BCUT2D eigenvalue weighted by molar-refractivity contribution is 0.808. The molecular weight excluding hydrogens is 188 g/mol. The molecule has 0 saturated carbocycles. The second-order valence-corrected chi connectivity index (χ2v) is 3.44. The van der Waals surface area contributed by atoms with E-state index in [1.165, 1.54) is 0 Å². The molecule has 0 aliphatic rings. The van der Waals surface area contributed by atoms with Crippen LogP contribution in [0.5, 0.6) is 0 Å². The normalized spacial score (nSPS) is 10.4. The topological polar surface area (TPSA) is 78.5 Å². The Bertz CT molecular complexity index is 507. The SMILES string of the molecule is N#Cc1ccc2n[nH]c(CCCN)c2c1. The average molecular weight is 200 g/mol. The van der Waals surface area contributed by atoms with Crippen molar-refractivity contribution in [2.45, 2.75) is 12.8 Å². The number of fused-ring (bicyclic) bond motifs is 1. The number of rotatable bonds is 3. The van der Waals surface area contributed by atoms with Crippen LogP contribution in [0.15, 0.2) is 18.2 Å². The first kappa shape index (κ1) is 9.69. The number of H-pyrrole nitrogens is 1. The van der Waals surface area contributed by atoms with Crippen molar-refractivity contribution in [1.82, 2.24) is 10.2 Å². The van der Waals surface area contributed by atoms with Gasteiger partial charge in [-0.2, -0.15) is 10.4 Å². The van der Waals surface area contributed by atoms with Gasteiger partial charge in [-0.05, 0) is 37.6 Å². The number of nitrogens with one attached hydrogen (secondary N) is 1. The maximum atomic E-state index is 8.80. The number of aryl methyl sites for hydroxylation is 1. The minimum absolute atomic E-state index is 0.665. The van der Waals surface area contributed by atoms with Gasteiger partial charge in [-0.1, -0.05) is 0 Å². The quantitative estimate of drug-likeness (QED) is 0.784. The van der Waals surface area contributed by atoms with E-state index < -0.39 is 0 Å². The van der Waals surface area contributed by atoms with E-state index in [1.807, 2.05) is 12.1 Å². The van der Waals surface area contributed by atoms with E-state index in [9.17, 15) is 0 Å². The van der Waals surface area contributed by atoms with Crippen LogP contribution in [0.25, 0.3) is 10.9 Å². The lowest BCUT2D eigenvalue weighted by atomic mass is 10.1. The van der Waals surface area contributed by atoms with Gasteiger partial charge in [-0.25, -0.2) is 0 Å². The predicted molar refractivity (Wildman–Crippen MR) is 58.2 cm³/mol. The standard InChI is InChI=1S/C11H12N4/c12-5-1-2-10-9-6-8(7-13)3-4-11(9)15-14-10/h3-4,6H,1-2,5,12H2,(H,14,15). The van der Waals surface area contributed by atoms with Crippen LogP contribution in [0.3, 0.4) is 0 Å². The second-order valence-electron chi connectivity index (χ2n) is 3.44. The molecule has 76 valence electrons. The molecular formula is C11H12N4. The Labute approximate surface area is 87.7 Å². The molecule has 0 bridgehead atoms. The van der Waals surface area contributed by atoms with Crippen molar-refractivity contribution >= 4 is 10.9 Å². The predicted octanol–water partition coefficient (Wildman–Crippen LogP) is 1.33. The zero-order valence-corrected chi connectivity index (χ0v) is 8.33. The number of aromatic amines is 1. The van der Waals surface area contributed by atoms with E-state index in [4.69, 9.17) is 11.0 Å². The summed E-state index contributed by atoms with van der Waals surface area (Å²) in [5.74, 6) is 0. The first-order valence-corrected chi connectivity index (χ1v) is 4.92. The summed E-state index contributed by atoms with van der Waals surface area (Å²) < 4.78 is 0. The highest BCUT2D eigenvalue weighted by Gasteiger charge is 2.05. The van der Waals surface area contributed by atoms with Crippen molar-refractivity contribution in [3.05, 3.63) is 29.5 Å². The maximum absolute atomic E-state index is 8.80. The van der Waals surface area contributed by atoms with E-state index in [0.717, 1.165) is 29.4 Å². The van der Waals surface area contributed by atoms with Gasteiger partial charge in [0, 0.05) is 11.1 Å². The molecule has 0 radical (unpaired) electrons. The molecule has 4 nitrogen and oxygen atoms in total. The van der Waals surface area contributed by atoms with Crippen LogP contribution in [0.1, 0.15) is 17.7 Å². The Balaban J connectivity index is 2.43. The first-order chi connectivity index (χ1) is 7.35. The molecule has 1 aromatic carbocycles. The van der Waals surface area contributed by atoms with Crippen LogP contribution in [-0.4, -0.2) is 16.7 Å². The molecule has 0 aliphatic carbocycles. The van der Waals surface area contributed by atoms with Gasteiger partial charge in [0.15, 0.2) is 0 Å². The van der Waals surface area contributed by atoms with Crippen LogP contribution >= 0.6 is 0 Å². The lowest BCUT2D eigenvalue weighted by Gasteiger charge is -1.96. The largest absolute Gasteiger partial charge is 0.330 e. The molecule has 2 aromatic rings. The maximum Gasteiger partial charge on any atom is 0.0991 e. The summed E-state index contributed by atoms with van der Waals surface area (Å²) in [4.78, 5) is 0. The molecule has 0 unspecified atom stereocenters. The molecule has 0 atom stereocenters. The summed E-state index contributed by atoms with van der Waals surface area (Å²) in [6.45, 7) is 0.665. The minimum atomic E-state index is 0.665. The summed E-state index contributed by atoms with van der Waals surface area (Å²) in [6, 6.07) is 7.62. The van der Waals surface area contributed by atoms with Gasteiger partial charge in [0.05, 0.1) is 17.1 Å². The number of nitrogens with two attached hydrogens (primary N) is 1. The Kier molecular flexibility index (Phi) is 2.66. The third kappa shape index (κ3) is 1.83. The number of benzene rings is 1. The Morgan fingerprint density at radius 2 is 2.33 bits per heavy atom. The number of aromatic nitrogens is 2. The monoisotopic (exact) mass is 200 g/mol. The van der Waals surface area contributed by atoms with Gasteiger partial charge in [0.2, 0.25) is 0 Å². The van der Waals surface area contributed by atoms with E-state index in [1.54, 1.807) is 6.07 Å². The molecule has 4 heteroatoms.